The van der Waals surface area contributed by atoms with Crippen molar-refractivity contribution in [3.63, 3.8) is 0 Å². The summed E-state index contributed by atoms with van der Waals surface area (Å²) in [5.74, 6) is -2.06. The van der Waals surface area contributed by atoms with Crippen LogP contribution in [-0.2, 0) is 14.3 Å². The first-order valence-electron chi connectivity index (χ1n) is 5.67. The van der Waals surface area contributed by atoms with Gasteiger partial charge in [0.2, 0.25) is 11.6 Å². The topological polar surface area (TPSA) is 92.7 Å². The Kier molecular flexibility index (Phi) is 3.65. The molecule has 6 heteroatoms. The average Bonchev–Trinajstić information content (AvgIpc) is 2.43. The molecule has 0 saturated carbocycles. The monoisotopic (exact) mass is 273 g/mol. The molecule has 1 aromatic carbocycles. The Hall–Kier alpha value is -2.89. The first kappa shape index (κ1) is 13.5. The van der Waals surface area contributed by atoms with Gasteiger partial charge in [-0.05, 0) is 24.3 Å². The van der Waals surface area contributed by atoms with Gasteiger partial charge in [-0.3, -0.25) is 9.59 Å². The zero-order valence-corrected chi connectivity index (χ0v) is 10.5. The Morgan fingerprint density at radius 3 is 2.25 bits per heavy atom. The van der Waals surface area contributed by atoms with Crippen LogP contribution in [0.5, 0.6) is 0 Å². The summed E-state index contributed by atoms with van der Waals surface area (Å²) >= 11 is 0. The Labute approximate surface area is 114 Å². The van der Waals surface area contributed by atoms with Gasteiger partial charge < -0.3 is 15.2 Å². The van der Waals surface area contributed by atoms with Gasteiger partial charge >= 0.3 is 5.97 Å². The summed E-state index contributed by atoms with van der Waals surface area (Å²) in [6.45, 7) is 0. The first-order valence-corrected chi connectivity index (χ1v) is 5.67. The van der Waals surface area contributed by atoms with Crippen LogP contribution in [0.2, 0.25) is 0 Å². The fourth-order valence-electron chi connectivity index (χ4n) is 1.66. The smallest absolute Gasteiger partial charge is 0.335 e. The number of hydrogen-bond acceptors (Lipinski definition) is 5. The number of methoxy groups -OCH3 is 1. The number of nitrogens with one attached hydrogen (secondary N) is 1. The molecule has 6 nitrogen and oxygen atoms in total. The molecule has 0 unspecified atom stereocenters. The van der Waals surface area contributed by atoms with Gasteiger partial charge in [-0.15, -0.1) is 0 Å². The van der Waals surface area contributed by atoms with E-state index in [0.29, 0.717) is 11.4 Å². The Morgan fingerprint density at radius 2 is 1.70 bits per heavy atom. The predicted molar refractivity (Wildman–Crippen MR) is 70.2 cm³/mol. The van der Waals surface area contributed by atoms with Crippen molar-refractivity contribution in [1.29, 1.82) is 0 Å². The molecule has 0 amide bonds. The van der Waals surface area contributed by atoms with Crippen molar-refractivity contribution in [3.8, 4) is 0 Å². The molecule has 1 aromatic rings. The van der Waals surface area contributed by atoms with Crippen LogP contribution in [0.4, 0.5) is 5.69 Å². The number of rotatable bonds is 4. The molecule has 0 fully saturated rings. The highest BCUT2D eigenvalue weighted by Crippen LogP contribution is 2.20. The van der Waals surface area contributed by atoms with E-state index < -0.39 is 17.5 Å². The Bertz CT molecular complexity index is 640. The molecule has 0 atom stereocenters. The Morgan fingerprint density at radius 1 is 1.10 bits per heavy atom. The van der Waals surface area contributed by atoms with Gasteiger partial charge in [-0.1, -0.05) is 0 Å². The maximum Gasteiger partial charge on any atom is 0.335 e. The number of anilines is 1. The van der Waals surface area contributed by atoms with E-state index in [-0.39, 0.29) is 11.3 Å². The van der Waals surface area contributed by atoms with Gasteiger partial charge in [0.25, 0.3) is 0 Å². The predicted octanol–water partition coefficient (Wildman–Crippen LogP) is 1.36. The van der Waals surface area contributed by atoms with E-state index in [9.17, 15) is 14.4 Å². The summed E-state index contributed by atoms with van der Waals surface area (Å²) in [5.41, 5.74) is 1.08. The molecule has 0 aliphatic heterocycles. The van der Waals surface area contributed by atoms with Crippen molar-refractivity contribution >= 4 is 23.2 Å². The summed E-state index contributed by atoms with van der Waals surface area (Å²) in [5, 5.41) is 11.7. The Balaban J connectivity index is 2.22. The number of ether oxygens (including phenoxy) is 1. The van der Waals surface area contributed by atoms with Crippen molar-refractivity contribution in [1.82, 2.24) is 0 Å². The lowest BCUT2D eigenvalue weighted by Gasteiger charge is -2.15. The third kappa shape index (κ3) is 2.74. The van der Waals surface area contributed by atoms with E-state index in [2.05, 4.69) is 5.32 Å². The molecular formula is C14H11NO5. The maximum absolute atomic E-state index is 11.4. The largest absolute Gasteiger partial charge is 0.494 e. The summed E-state index contributed by atoms with van der Waals surface area (Å²) < 4.78 is 5.02. The van der Waals surface area contributed by atoms with Crippen molar-refractivity contribution in [2.75, 3.05) is 12.4 Å². The van der Waals surface area contributed by atoms with E-state index in [0.717, 1.165) is 12.2 Å². The summed E-state index contributed by atoms with van der Waals surface area (Å²) in [7, 11) is 1.39. The van der Waals surface area contributed by atoms with Crippen LogP contribution in [0.3, 0.4) is 0 Å². The van der Waals surface area contributed by atoms with Crippen LogP contribution in [0.1, 0.15) is 10.4 Å². The van der Waals surface area contributed by atoms with Gasteiger partial charge in [0, 0.05) is 17.8 Å². The van der Waals surface area contributed by atoms with Gasteiger partial charge in [-0.2, -0.15) is 0 Å². The van der Waals surface area contributed by atoms with Crippen LogP contribution in [0.25, 0.3) is 0 Å². The van der Waals surface area contributed by atoms with Crippen LogP contribution >= 0.6 is 0 Å². The second-order valence-electron chi connectivity index (χ2n) is 4.01. The molecular weight excluding hydrogens is 262 g/mol. The number of carboxylic acid groups (broad SMARTS) is 1. The average molecular weight is 273 g/mol. The van der Waals surface area contributed by atoms with Gasteiger partial charge in [0.05, 0.1) is 18.4 Å². The molecule has 0 saturated heterocycles. The van der Waals surface area contributed by atoms with Crippen molar-refractivity contribution in [2.24, 2.45) is 0 Å². The maximum atomic E-state index is 11.4. The number of carboxylic acids is 1. The van der Waals surface area contributed by atoms with Crippen molar-refractivity contribution in [3.05, 3.63) is 53.4 Å². The summed E-state index contributed by atoms with van der Waals surface area (Å²) in [4.78, 5) is 33.3. The number of carbonyl (C=O) groups excluding carboxylic acids is 2. The number of ketones is 2. The second-order valence-corrected chi connectivity index (χ2v) is 4.01. The molecule has 2 rings (SSSR count). The number of benzene rings is 1. The fourth-order valence-corrected chi connectivity index (χ4v) is 1.66. The molecule has 20 heavy (non-hydrogen) atoms. The highest BCUT2D eigenvalue weighted by molar-refractivity contribution is 6.46. The molecule has 1 aliphatic carbocycles. The highest BCUT2D eigenvalue weighted by Gasteiger charge is 2.20. The lowest BCUT2D eigenvalue weighted by atomic mass is 10.1. The molecule has 2 N–H and O–H groups in total. The fraction of sp³-hybridized carbons (Fsp3) is 0.0714. The summed E-state index contributed by atoms with van der Waals surface area (Å²) in [6, 6.07) is 5.96. The van der Waals surface area contributed by atoms with E-state index in [4.69, 9.17) is 9.84 Å². The molecule has 0 heterocycles. The molecule has 0 aromatic heterocycles. The minimum Gasteiger partial charge on any atom is -0.494 e. The quantitative estimate of drug-likeness (QED) is 0.635. The van der Waals surface area contributed by atoms with E-state index in [1.807, 2.05) is 0 Å². The minimum absolute atomic E-state index is 0.155. The minimum atomic E-state index is -1.02. The highest BCUT2D eigenvalue weighted by atomic mass is 16.5. The normalized spacial score (nSPS) is 14.4. The molecule has 102 valence electrons. The van der Waals surface area contributed by atoms with Gasteiger partial charge in [0.1, 0.15) is 5.76 Å². The van der Waals surface area contributed by atoms with Gasteiger partial charge in [-0.25, -0.2) is 4.79 Å². The third-order valence-corrected chi connectivity index (χ3v) is 2.68. The molecule has 0 spiro atoms. The zero-order chi connectivity index (χ0) is 14.7. The third-order valence-electron chi connectivity index (χ3n) is 2.68. The number of hydrogen-bond donors (Lipinski definition) is 2. The number of carbonyl (C=O) groups is 3. The molecule has 1 aliphatic rings. The van der Waals surface area contributed by atoms with Gasteiger partial charge in [0.15, 0.2) is 0 Å². The zero-order valence-electron chi connectivity index (χ0n) is 10.5. The van der Waals surface area contributed by atoms with E-state index in [1.54, 1.807) is 12.1 Å². The van der Waals surface area contributed by atoms with E-state index in [1.165, 1.54) is 19.2 Å². The molecule has 0 radical (unpaired) electrons. The number of aromatic carboxylic acids is 1. The van der Waals surface area contributed by atoms with Crippen LogP contribution in [-0.4, -0.2) is 29.8 Å². The SMILES string of the molecule is COC1=CC(=O)C(=O)C=C1Nc1ccc(C(=O)O)cc1. The second kappa shape index (κ2) is 5.40. The van der Waals surface area contributed by atoms with Crippen molar-refractivity contribution < 1.29 is 24.2 Å². The van der Waals surface area contributed by atoms with Crippen LogP contribution in [0, 0.1) is 0 Å². The summed E-state index contributed by atoms with van der Waals surface area (Å²) in [6.07, 6.45) is 2.25. The van der Waals surface area contributed by atoms with Crippen molar-refractivity contribution in [2.45, 2.75) is 0 Å². The number of allylic oxidation sites excluding steroid dienone is 2. The van der Waals surface area contributed by atoms with E-state index >= 15 is 0 Å². The lowest BCUT2D eigenvalue weighted by Crippen LogP contribution is -2.19. The molecule has 0 bridgehead atoms. The lowest BCUT2D eigenvalue weighted by molar-refractivity contribution is -0.131. The first-order chi connectivity index (χ1) is 9.51. The standard InChI is InChI=1S/C14H11NO5/c1-20-13-7-12(17)11(16)6-10(13)15-9-4-2-8(3-5-9)14(18)19/h2-7,15H,1H3,(H,18,19). The van der Waals surface area contributed by atoms with Crippen LogP contribution < -0.4 is 5.32 Å². The van der Waals surface area contributed by atoms with Crippen LogP contribution in [0.15, 0.2) is 47.9 Å².